The number of carbonyl (C=O) groups excluding carboxylic acids is 1. The topological polar surface area (TPSA) is 101 Å². The minimum atomic E-state index is -3.91. The van der Waals surface area contributed by atoms with Crippen LogP contribution in [-0.4, -0.2) is 40.0 Å². The van der Waals surface area contributed by atoms with E-state index in [1.165, 1.54) is 59.8 Å². The quantitative estimate of drug-likeness (QED) is 0.675. The van der Waals surface area contributed by atoms with Crippen LogP contribution in [0.25, 0.3) is 0 Å². The van der Waals surface area contributed by atoms with Gasteiger partial charge in [0.1, 0.15) is 0 Å². The highest BCUT2D eigenvalue weighted by molar-refractivity contribution is 7.92. The van der Waals surface area contributed by atoms with Crippen molar-refractivity contribution in [2.45, 2.75) is 30.6 Å². The van der Waals surface area contributed by atoms with Crippen LogP contribution in [0.3, 0.4) is 0 Å². The molecule has 0 saturated heterocycles. The van der Waals surface area contributed by atoms with Gasteiger partial charge in [-0.05, 0) is 43.3 Å². The van der Waals surface area contributed by atoms with Gasteiger partial charge in [-0.15, -0.1) is 0 Å². The molecule has 7 nitrogen and oxygen atoms in total. The molecule has 0 spiro atoms. The van der Waals surface area contributed by atoms with Crippen molar-refractivity contribution in [3.05, 3.63) is 54.1 Å². The maximum atomic E-state index is 12.5. The van der Waals surface area contributed by atoms with E-state index in [1.807, 2.05) is 0 Å². The molecule has 0 aliphatic heterocycles. The van der Waals surface area contributed by atoms with Gasteiger partial charge in [0, 0.05) is 24.3 Å². The number of carbonyl (C=O) groups is 1. The molecule has 0 saturated carbocycles. The lowest BCUT2D eigenvalue weighted by Crippen LogP contribution is -2.30. The predicted octanol–water partition coefficient (Wildman–Crippen LogP) is 2.72. The molecule has 2 rings (SSSR count). The Labute approximate surface area is 160 Å². The molecule has 0 aliphatic rings. The normalized spacial score (nSPS) is 12.1. The van der Waals surface area contributed by atoms with Crippen LogP contribution >= 0.6 is 0 Å². The molecular formula is C18H22N2O5S2. The highest BCUT2D eigenvalue weighted by atomic mass is 32.2. The molecule has 0 amide bonds. The number of nitrogens with zero attached hydrogens (tertiary/aromatic N) is 1. The molecule has 9 heteroatoms. The van der Waals surface area contributed by atoms with Gasteiger partial charge in [-0.2, -0.15) is 4.31 Å². The average Bonchev–Trinajstić information content (AvgIpc) is 2.62. The van der Waals surface area contributed by atoms with Crippen molar-refractivity contribution in [2.75, 3.05) is 17.8 Å². The molecule has 2 aromatic rings. The summed E-state index contributed by atoms with van der Waals surface area (Å²) < 4.78 is 53.7. The molecule has 1 N–H and O–H groups in total. The van der Waals surface area contributed by atoms with Crippen LogP contribution in [0.2, 0.25) is 0 Å². The van der Waals surface area contributed by atoms with Gasteiger partial charge in [0.15, 0.2) is 5.78 Å². The van der Waals surface area contributed by atoms with E-state index < -0.39 is 20.0 Å². The molecule has 0 atom stereocenters. The fourth-order valence-electron chi connectivity index (χ4n) is 2.50. The van der Waals surface area contributed by atoms with Gasteiger partial charge >= 0.3 is 0 Å². The van der Waals surface area contributed by atoms with Crippen molar-refractivity contribution in [3.8, 4) is 0 Å². The fraction of sp³-hybridized carbons (Fsp3) is 0.278. The Kier molecular flexibility index (Phi) is 6.40. The fourth-order valence-corrected chi connectivity index (χ4v) is 5.07. The SMILES string of the molecule is CCN(CC)S(=O)(=O)c1ccc(NS(=O)(=O)c2cccc(C(C)=O)c2)cc1. The van der Waals surface area contributed by atoms with Crippen molar-refractivity contribution in [1.82, 2.24) is 4.31 Å². The Morgan fingerprint density at radius 3 is 2.04 bits per heavy atom. The molecule has 146 valence electrons. The maximum Gasteiger partial charge on any atom is 0.261 e. The van der Waals surface area contributed by atoms with Crippen LogP contribution in [-0.2, 0) is 20.0 Å². The molecule has 0 bridgehead atoms. The summed E-state index contributed by atoms with van der Waals surface area (Å²) in [6, 6.07) is 11.2. The lowest BCUT2D eigenvalue weighted by molar-refractivity contribution is 0.101. The minimum absolute atomic E-state index is 0.0463. The van der Waals surface area contributed by atoms with Crippen LogP contribution in [0.15, 0.2) is 58.3 Å². The number of nitrogens with one attached hydrogen (secondary N) is 1. The van der Waals surface area contributed by atoms with E-state index in [0.29, 0.717) is 18.7 Å². The van der Waals surface area contributed by atoms with Crippen LogP contribution in [0.5, 0.6) is 0 Å². The number of hydrogen-bond donors (Lipinski definition) is 1. The van der Waals surface area contributed by atoms with Gasteiger partial charge < -0.3 is 0 Å². The van der Waals surface area contributed by atoms with Gasteiger partial charge in [0.25, 0.3) is 10.0 Å². The number of benzene rings is 2. The predicted molar refractivity (Wildman–Crippen MR) is 104 cm³/mol. The van der Waals surface area contributed by atoms with Crippen molar-refractivity contribution in [1.29, 1.82) is 0 Å². The summed E-state index contributed by atoms with van der Waals surface area (Å²) in [6.07, 6.45) is 0. The molecule has 2 aromatic carbocycles. The van der Waals surface area contributed by atoms with Crippen molar-refractivity contribution in [2.24, 2.45) is 0 Å². The van der Waals surface area contributed by atoms with E-state index in [0.717, 1.165) is 0 Å². The van der Waals surface area contributed by atoms with E-state index in [4.69, 9.17) is 0 Å². The number of ketones is 1. The number of anilines is 1. The van der Waals surface area contributed by atoms with E-state index in [9.17, 15) is 21.6 Å². The summed E-state index contributed by atoms with van der Waals surface area (Å²) in [7, 11) is -7.52. The second-order valence-electron chi connectivity index (χ2n) is 5.80. The first-order valence-corrected chi connectivity index (χ1v) is 11.3. The Morgan fingerprint density at radius 1 is 0.926 bits per heavy atom. The zero-order valence-corrected chi connectivity index (χ0v) is 17.0. The van der Waals surface area contributed by atoms with Crippen LogP contribution < -0.4 is 4.72 Å². The summed E-state index contributed by atoms with van der Waals surface area (Å²) in [5.74, 6) is -0.238. The number of hydrogen-bond acceptors (Lipinski definition) is 5. The first-order chi connectivity index (χ1) is 12.6. The lowest BCUT2D eigenvalue weighted by atomic mass is 10.2. The molecule has 0 radical (unpaired) electrons. The number of rotatable bonds is 8. The number of Topliss-reactive ketones (excluding diaryl/α,β-unsaturated/α-hetero) is 1. The second kappa shape index (κ2) is 8.20. The van der Waals surface area contributed by atoms with Crippen molar-refractivity contribution < 1.29 is 21.6 Å². The van der Waals surface area contributed by atoms with Crippen LogP contribution in [0, 0.1) is 0 Å². The van der Waals surface area contributed by atoms with Gasteiger partial charge in [0.2, 0.25) is 10.0 Å². The molecule has 0 unspecified atom stereocenters. The summed E-state index contributed by atoms with van der Waals surface area (Å²) in [5, 5.41) is 0. The average molecular weight is 411 g/mol. The largest absolute Gasteiger partial charge is 0.295 e. The van der Waals surface area contributed by atoms with Crippen LogP contribution in [0.1, 0.15) is 31.1 Å². The zero-order chi connectivity index (χ0) is 20.2. The van der Waals surface area contributed by atoms with E-state index >= 15 is 0 Å². The number of sulfonamides is 2. The third-order valence-corrected chi connectivity index (χ3v) is 7.44. The Bertz CT molecular complexity index is 1030. The van der Waals surface area contributed by atoms with E-state index in [1.54, 1.807) is 13.8 Å². The Balaban J connectivity index is 2.28. The Morgan fingerprint density at radius 2 is 1.52 bits per heavy atom. The highest BCUT2D eigenvalue weighted by Gasteiger charge is 2.22. The van der Waals surface area contributed by atoms with Crippen molar-refractivity contribution in [3.63, 3.8) is 0 Å². The zero-order valence-electron chi connectivity index (χ0n) is 15.3. The first-order valence-electron chi connectivity index (χ1n) is 8.36. The first kappa shape index (κ1) is 21.1. The van der Waals surface area contributed by atoms with Gasteiger partial charge in [0.05, 0.1) is 9.79 Å². The third kappa shape index (κ3) is 4.74. The standard InChI is InChI=1S/C18H22N2O5S2/c1-4-20(5-2)27(24,25)17-11-9-16(10-12-17)19-26(22,23)18-8-6-7-15(13-18)14(3)21/h6-13,19H,4-5H2,1-3H3. The summed E-state index contributed by atoms with van der Waals surface area (Å²) >= 11 is 0. The van der Waals surface area contributed by atoms with Crippen molar-refractivity contribution >= 4 is 31.5 Å². The molecule has 0 aliphatic carbocycles. The lowest BCUT2D eigenvalue weighted by Gasteiger charge is -2.18. The summed E-state index contributed by atoms with van der Waals surface area (Å²) in [5.41, 5.74) is 0.514. The molecule has 0 aromatic heterocycles. The third-order valence-electron chi connectivity index (χ3n) is 4.00. The smallest absolute Gasteiger partial charge is 0.261 e. The second-order valence-corrected chi connectivity index (χ2v) is 9.42. The minimum Gasteiger partial charge on any atom is -0.295 e. The Hall–Kier alpha value is -2.23. The summed E-state index contributed by atoms with van der Waals surface area (Å²) in [6.45, 7) is 5.55. The summed E-state index contributed by atoms with van der Waals surface area (Å²) in [4.78, 5) is 11.5. The van der Waals surface area contributed by atoms with Gasteiger partial charge in [-0.3, -0.25) is 9.52 Å². The maximum absolute atomic E-state index is 12.5. The van der Waals surface area contributed by atoms with Crippen LogP contribution in [0.4, 0.5) is 5.69 Å². The van der Waals surface area contributed by atoms with Gasteiger partial charge in [-0.25, -0.2) is 16.8 Å². The van der Waals surface area contributed by atoms with E-state index in [2.05, 4.69) is 4.72 Å². The molecule has 0 fully saturated rings. The highest BCUT2D eigenvalue weighted by Crippen LogP contribution is 2.21. The molecule has 27 heavy (non-hydrogen) atoms. The van der Waals surface area contributed by atoms with Gasteiger partial charge in [-0.1, -0.05) is 26.0 Å². The van der Waals surface area contributed by atoms with E-state index in [-0.39, 0.29) is 21.3 Å². The molecule has 0 heterocycles. The monoisotopic (exact) mass is 410 g/mol. The molecular weight excluding hydrogens is 388 g/mol.